The molecule has 1 fully saturated rings. The predicted molar refractivity (Wildman–Crippen MR) is 79.1 cm³/mol. The molecule has 1 aromatic carbocycles. The van der Waals surface area contributed by atoms with Crippen LogP contribution in [-0.4, -0.2) is 35.9 Å². The topological polar surface area (TPSA) is 58.6 Å². The maximum absolute atomic E-state index is 13.6. The Kier molecular flexibility index (Phi) is 3.69. The molecule has 1 aliphatic rings. The van der Waals surface area contributed by atoms with E-state index in [4.69, 9.17) is 4.74 Å². The van der Waals surface area contributed by atoms with E-state index in [9.17, 15) is 14.3 Å². The molecule has 0 bridgehead atoms. The number of thiophene rings is 1. The lowest BCUT2D eigenvalue weighted by Crippen LogP contribution is -2.47. The van der Waals surface area contributed by atoms with Gasteiger partial charge in [-0.2, -0.15) is 0 Å². The molecule has 0 saturated carbocycles. The highest BCUT2D eigenvalue weighted by Crippen LogP contribution is 2.28. The Labute approximate surface area is 125 Å². The third-order valence-electron chi connectivity index (χ3n) is 3.95. The Balaban J connectivity index is 1.74. The van der Waals surface area contributed by atoms with E-state index in [-0.39, 0.29) is 24.4 Å². The second-order valence-corrected chi connectivity index (χ2v) is 6.40. The van der Waals surface area contributed by atoms with Gasteiger partial charge in [-0.15, -0.1) is 11.3 Å². The molecule has 2 N–H and O–H groups in total. The maximum Gasteiger partial charge on any atom is 0.261 e. The number of fused-ring (bicyclic) bond motifs is 1. The molecule has 21 heavy (non-hydrogen) atoms. The molecule has 2 aromatic rings. The fourth-order valence-electron chi connectivity index (χ4n) is 2.46. The molecule has 2 unspecified atom stereocenters. The van der Waals surface area contributed by atoms with Gasteiger partial charge in [0.25, 0.3) is 5.91 Å². The summed E-state index contributed by atoms with van der Waals surface area (Å²) in [5, 5.41) is 13.5. The van der Waals surface area contributed by atoms with Gasteiger partial charge in [-0.25, -0.2) is 4.39 Å². The number of aliphatic hydroxyl groups is 1. The van der Waals surface area contributed by atoms with E-state index in [1.54, 1.807) is 25.1 Å². The van der Waals surface area contributed by atoms with E-state index in [1.807, 2.05) is 0 Å². The van der Waals surface area contributed by atoms with Gasteiger partial charge in [0, 0.05) is 29.7 Å². The Morgan fingerprint density at radius 2 is 2.43 bits per heavy atom. The SMILES string of the molecule is CC1OCCC1(O)CNC(=O)c1cc2c(F)cccc2s1. The first kappa shape index (κ1) is 14.4. The molecule has 0 aliphatic carbocycles. The molecule has 2 heterocycles. The zero-order valence-electron chi connectivity index (χ0n) is 11.6. The number of hydrogen-bond donors (Lipinski definition) is 2. The normalized spacial score (nSPS) is 25.4. The third-order valence-corrected chi connectivity index (χ3v) is 5.05. The maximum atomic E-state index is 13.6. The second kappa shape index (κ2) is 5.36. The number of benzene rings is 1. The van der Waals surface area contributed by atoms with Gasteiger partial charge in [0.05, 0.1) is 11.0 Å². The number of ether oxygens (including phenoxy) is 1. The van der Waals surface area contributed by atoms with E-state index >= 15 is 0 Å². The smallest absolute Gasteiger partial charge is 0.261 e. The van der Waals surface area contributed by atoms with Crippen LogP contribution in [0.15, 0.2) is 24.3 Å². The average molecular weight is 309 g/mol. The van der Waals surface area contributed by atoms with Crippen LogP contribution in [0.25, 0.3) is 10.1 Å². The van der Waals surface area contributed by atoms with Crippen molar-refractivity contribution in [1.29, 1.82) is 0 Å². The quantitative estimate of drug-likeness (QED) is 0.915. The van der Waals surface area contributed by atoms with Gasteiger partial charge >= 0.3 is 0 Å². The standard InChI is InChI=1S/C15H16FNO3S/c1-9-15(19,5-6-20-9)8-17-14(18)13-7-10-11(16)3-2-4-12(10)21-13/h2-4,7,9,19H,5-6,8H2,1H3,(H,17,18). The van der Waals surface area contributed by atoms with Gasteiger partial charge in [-0.3, -0.25) is 4.79 Å². The van der Waals surface area contributed by atoms with Crippen LogP contribution < -0.4 is 5.32 Å². The van der Waals surface area contributed by atoms with Crippen molar-refractivity contribution in [2.75, 3.05) is 13.2 Å². The first-order valence-electron chi connectivity index (χ1n) is 6.80. The van der Waals surface area contributed by atoms with Gasteiger partial charge in [0.2, 0.25) is 0 Å². The lowest BCUT2D eigenvalue weighted by molar-refractivity contribution is -0.0251. The minimum Gasteiger partial charge on any atom is -0.385 e. The molecule has 4 nitrogen and oxygen atoms in total. The first-order chi connectivity index (χ1) is 9.99. The molecular weight excluding hydrogens is 293 g/mol. The van der Waals surface area contributed by atoms with Gasteiger partial charge in [-0.05, 0) is 25.1 Å². The number of amides is 1. The first-order valence-corrected chi connectivity index (χ1v) is 7.61. The fourth-order valence-corrected chi connectivity index (χ4v) is 3.45. The Hall–Kier alpha value is -1.50. The number of carbonyl (C=O) groups excluding carboxylic acids is 1. The van der Waals surface area contributed by atoms with Crippen LogP contribution in [0, 0.1) is 5.82 Å². The molecule has 3 rings (SSSR count). The van der Waals surface area contributed by atoms with Gasteiger partial charge < -0.3 is 15.2 Å². The predicted octanol–water partition coefficient (Wildman–Crippen LogP) is 2.31. The Morgan fingerprint density at radius 1 is 1.62 bits per heavy atom. The highest BCUT2D eigenvalue weighted by Gasteiger charge is 2.39. The van der Waals surface area contributed by atoms with Crippen molar-refractivity contribution < 1.29 is 19.0 Å². The molecular formula is C15H16FNO3S. The summed E-state index contributed by atoms with van der Waals surface area (Å²) in [5.41, 5.74) is -1.03. The van der Waals surface area contributed by atoms with Crippen molar-refractivity contribution >= 4 is 27.3 Å². The summed E-state index contributed by atoms with van der Waals surface area (Å²) < 4.78 is 19.7. The van der Waals surface area contributed by atoms with E-state index in [0.29, 0.717) is 23.3 Å². The number of hydrogen-bond acceptors (Lipinski definition) is 4. The summed E-state index contributed by atoms with van der Waals surface area (Å²) in [5.74, 6) is -0.637. The van der Waals surface area contributed by atoms with Gasteiger partial charge in [-0.1, -0.05) is 6.07 Å². The van der Waals surface area contributed by atoms with Crippen molar-refractivity contribution in [1.82, 2.24) is 5.32 Å². The number of rotatable bonds is 3. The Bertz CT molecular complexity index is 687. The lowest BCUT2D eigenvalue weighted by atomic mass is 9.97. The van der Waals surface area contributed by atoms with E-state index in [1.165, 1.54) is 17.4 Å². The van der Waals surface area contributed by atoms with Crippen molar-refractivity contribution in [2.45, 2.75) is 25.0 Å². The zero-order valence-corrected chi connectivity index (χ0v) is 12.4. The monoisotopic (exact) mass is 309 g/mol. The summed E-state index contributed by atoms with van der Waals surface area (Å²) in [6.45, 7) is 2.40. The van der Waals surface area contributed by atoms with Crippen LogP contribution in [0.5, 0.6) is 0 Å². The minimum atomic E-state index is -1.03. The van der Waals surface area contributed by atoms with Crippen LogP contribution in [0.2, 0.25) is 0 Å². The minimum absolute atomic E-state index is 0.129. The molecule has 6 heteroatoms. The molecule has 112 valence electrons. The van der Waals surface area contributed by atoms with Crippen molar-refractivity contribution in [3.05, 3.63) is 35.0 Å². The van der Waals surface area contributed by atoms with Gasteiger partial charge in [0.15, 0.2) is 0 Å². The lowest BCUT2D eigenvalue weighted by Gasteiger charge is -2.25. The van der Waals surface area contributed by atoms with E-state index in [0.717, 1.165) is 4.70 Å². The van der Waals surface area contributed by atoms with E-state index < -0.39 is 5.60 Å². The highest BCUT2D eigenvalue weighted by molar-refractivity contribution is 7.20. The fraction of sp³-hybridized carbons (Fsp3) is 0.400. The largest absolute Gasteiger partial charge is 0.385 e. The number of nitrogens with one attached hydrogen (secondary N) is 1. The van der Waals surface area contributed by atoms with Crippen molar-refractivity contribution in [2.24, 2.45) is 0 Å². The molecule has 0 spiro atoms. The summed E-state index contributed by atoms with van der Waals surface area (Å²) in [6, 6.07) is 6.32. The molecule has 1 saturated heterocycles. The molecule has 1 amide bonds. The van der Waals surface area contributed by atoms with Crippen LogP contribution in [0.3, 0.4) is 0 Å². The van der Waals surface area contributed by atoms with Crippen molar-refractivity contribution in [3.63, 3.8) is 0 Å². The summed E-state index contributed by atoms with van der Waals surface area (Å²) in [7, 11) is 0. The van der Waals surface area contributed by atoms with Crippen LogP contribution in [0.4, 0.5) is 4.39 Å². The molecule has 0 radical (unpaired) electrons. The molecule has 1 aromatic heterocycles. The summed E-state index contributed by atoms with van der Waals surface area (Å²) in [6.07, 6.45) is 0.188. The number of halogens is 1. The Morgan fingerprint density at radius 3 is 3.10 bits per heavy atom. The van der Waals surface area contributed by atoms with E-state index in [2.05, 4.69) is 5.32 Å². The third kappa shape index (κ3) is 2.66. The van der Waals surface area contributed by atoms with Gasteiger partial charge in [0.1, 0.15) is 11.4 Å². The molecule has 2 atom stereocenters. The van der Waals surface area contributed by atoms with Crippen LogP contribution in [-0.2, 0) is 4.74 Å². The zero-order chi connectivity index (χ0) is 15.0. The highest BCUT2D eigenvalue weighted by atomic mass is 32.1. The van der Waals surface area contributed by atoms with Crippen LogP contribution in [0.1, 0.15) is 23.0 Å². The van der Waals surface area contributed by atoms with Crippen molar-refractivity contribution in [3.8, 4) is 0 Å². The second-order valence-electron chi connectivity index (χ2n) is 5.31. The summed E-state index contributed by atoms with van der Waals surface area (Å²) in [4.78, 5) is 12.6. The molecule has 1 aliphatic heterocycles. The summed E-state index contributed by atoms with van der Waals surface area (Å²) >= 11 is 1.24. The average Bonchev–Trinajstić information content (AvgIpc) is 3.03. The number of carbonyl (C=O) groups is 1. The van der Waals surface area contributed by atoms with Crippen LogP contribution >= 0.6 is 11.3 Å².